The first kappa shape index (κ1) is 11.7. The molecule has 0 radical (unpaired) electrons. The summed E-state index contributed by atoms with van der Waals surface area (Å²) >= 11 is 0. The molecule has 1 heteroatoms. The van der Waals surface area contributed by atoms with Crippen molar-refractivity contribution >= 4 is 17.1 Å². The highest BCUT2D eigenvalue weighted by Gasteiger charge is 2.04. The highest BCUT2D eigenvalue weighted by Crippen LogP contribution is 2.27. The molecule has 0 aliphatic rings. The third-order valence-electron chi connectivity index (χ3n) is 3.39. The van der Waals surface area contributed by atoms with Gasteiger partial charge < -0.3 is 0 Å². The monoisotopic (exact) mass is 246 g/mol. The van der Waals surface area contributed by atoms with Gasteiger partial charge >= 0.3 is 0 Å². The Hall–Kier alpha value is -2.41. The Morgan fingerprint density at radius 1 is 0.842 bits per heavy atom. The summed E-state index contributed by atoms with van der Waals surface area (Å²) in [6, 6.07) is 20.4. The van der Waals surface area contributed by atoms with Crippen LogP contribution in [0, 0.1) is 6.92 Å². The molecule has 1 nitrogen and oxygen atoms in total. The van der Waals surface area contributed by atoms with E-state index in [-0.39, 0.29) is 0 Å². The molecule has 0 aromatic heterocycles. The van der Waals surface area contributed by atoms with Crippen LogP contribution in [0.25, 0.3) is 21.9 Å². The fourth-order valence-corrected chi connectivity index (χ4v) is 2.40. The molecular formula is C18H14O. The van der Waals surface area contributed by atoms with Gasteiger partial charge in [-0.05, 0) is 34.9 Å². The maximum Gasteiger partial charge on any atom is 0.150 e. The first-order valence-corrected chi connectivity index (χ1v) is 6.33. The molecule has 0 heterocycles. The minimum absolute atomic E-state index is 0.731. The summed E-state index contributed by atoms with van der Waals surface area (Å²) in [6.07, 6.45) is 0.911. The van der Waals surface area contributed by atoms with Crippen molar-refractivity contribution in [2.24, 2.45) is 0 Å². The minimum Gasteiger partial charge on any atom is -0.298 e. The molecule has 0 spiro atoms. The van der Waals surface area contributed by atoms with Crippen molar-refractivity contribution in [2.45, 2.75) is 6.92 Å². The third-order valence-corrected chi connectivity index (χ3v) is 3.39. The Balaban J connectivity index is 2.20. The van der Waals surface area contributed by atoms with Crippen LogP contribution in [0.2, 0.25) is 0 Å². The quantitative estimate of drug-likeness (QED) is 0.602. The molecule has 0 bridgehead atoms. The average Bonchev–Trinajstić information content (AvgIpc) is 2.46. The van der Waals surface area contributed by atoms with Crippen LogP contribution in [-0.4, -0.2) is 6.29 Å². The predicted molar refractivity (Wildman–Crippen MR) is 79.5 cm³/mol. The first-order chi connectivity index (χ1) is 9.28. The van der Waals surface area contributed by atoms with Crippen molar-refractivity contribution in [2.75, 3.05) is 0 Å². The zero-order valence-corrected chi connectivity index (χ0v) is 10.8. The van der Waals surface area contributed by atoms with Crippen molar-refractivity contribution in [3.63, 3.8) is 0 Å². The number of carbonyl (C=O) groups excluding carboxylic acids is 1. The molecule has 0 saturated heterocycles. The molecule has 0 aliphatic carbocycles. The Bertz CT molecular complexity index is 756. The molecule has 0 amide bonds. The van der Waals surface area contributed by atoms with Crippen LogP contribution < -0.4 is 0 Å². The van der Waals surface area contributed by atoms with Gasteiger partial charge in [-0.15, -0.1) is 0 Å². The fourth-order valence-electron chi connectivity index (χ4n) is 2.40. The van der Waals surface area contributed by atoms with Crippen molar-refractivity contribution in [3.8, 4) is 11.1 Å². The van der Waals surface area contributed by atoms with Crippen LogP contribution in [0.1, 0.15) is 15.9 Å². The van der Waals surface area contributed by atoms with E-state index in [0.29, 0.717) is 0 Å². The van der Waals surface area contributed by atoms with Crippen molar-refractivity contribution in [1.29, 1.82) is 0 Å². The van der Waals surface area contributed by atoms with E-state index in [9.17, 15) is 4.79 Å². The normalized spacial score (nSPS) is 10.6. The van der Waals surface area contributed by atoms with E-state index in [1.54, 1.807) is 0 Å². The molecule has 0 saturated carbocycles. The van der Waals surface area contributed by atoms with E-state index < -0.39 is 0 Å². The number of hydrogen-bond donors (Lipinski definition) is 0. The van der Waals surface area contributed by atoms with Gasteiger partial charge in [0.15, 0.2) is 6.29 Å². The second-order valence-corrected chi connectivity index (χ2v) is 4.77. The molecular weight excluding hydrogens is 232 g/mol. The fraction of sp³-hybridized carbons (Fsp3) is 0.0556. The van der Waals surface area contributed by atoms with Gasteiger partial charge in [-0.25, -0.2) is 0 Å². The molecule has 0 N–H and O–H groups in total. The summed E-state index contributed by atoms with van der Waals surface area (Å²) in [4.78, 5) is 11.1. The van der Waals surface area contributed by atoms with Gasteiger partial charge in [0.2, 0.25) is 0 Å². The number of rotatable bonds is 2. The summed E-state index contributed by atoms with van der Waals surface area (Å²) < 4.78 is 0. The summed E-state index contributed by atoms with van der Waals surface area (Å²) in [7, 11) is 0. The number of aldehydes is 1. The third kappa shape index (κ3) is 2.15. The Kier molecular flexibility index (Phi) is 2.88. The van der Waals surface area contributed by atoms with E-state index in [4.69, 9.17) is 0 Å². The molecule has 0 atom stereocenters. The summed E-state index contributed by atoms with van der Waals surface area (Å²) in [5, 5.41) is 2.43. The van der Waals surface area contributed by atoms with Crippen LogP contribution in [-0.2, 0) is 0 Å². The molecule has 3 rings (SSSR count). The molecule has 3 aromatic rings. The van der Waals surface area contributed by atoms with Crippen molar-refractivity contribution in [3.05, 3.63) is 71.8 Å². The van der Waals surface area contributed by atoms with Gasteiger partial charge in [0.1, 0.15) is 0 Å². The lowest BCUT2D eigenvalue weighted by Crippen LogP contribution is -1.87. The van der Waals surface area contributed by atoms with Gasteiger partial charge in [0.25, 0.3) is 0 Å². The maximum atomic E-state index is 11.1. The van der Waals surface area contributed by atoms with Crippen molar-refractivity contribution < 1.29 is 4.79 Å². The van der Waals surface area contributed by atoms with Crippen molar-refractivity contribution in [1.82, 2.24) is 0 Å². The highest BCUT2D eigenvalue weighted by molar-refractivity contribution is 5.92. The standard InChI is InChI=1S/C18H14O/c1-13-6-7-15-11-16(9-8-14(15)10-13)18-5-3-2-4-17(18)12-19/h2-12H,1H3. The van der Waals surface area contributed by atoms with E-state index in [0.717, 1.165) is 23.0 Å². The number of aryl methyl sites for hydroxylation is 1. The first-order valence-electron chi connectivity index (χ1n) is 6.33. The van der Waals surface area contributed by atoms with Crippen LogP contribution in [0.4, 0.5) is 0 Å². The van der Waals surface area contributed by atoms with Crippen LogP contribution in [0.15, 0.2) is 60.7 Å². The lowest BCUT2D eigenvalue weighted by atomic mass is 9.97. The number of carbonyl (C=O) groups is 1. The van der Waals surface area contributed by atoms with Gasteiger partial charge in [0, 0.05) is 5.56 Å². The maximum absolute atomic E-state index is 11.1. The molecule has 0 unspecified atom stereocenters. The van der Waals surface area contributed by atoms with E-state index in [1.807, 2.05) is 24.3 Å². The average molecular weight is 246 g/mol. The SMILES string of the molecule is Cc1ccc2cc(-c3ccccc3C=O)ccc2c1. The Morgan fingerprint density at radius 3 is 2.42 bits per heavy atom. The zero-order valence-electron chi connectivity index (χ0n) is 10.8. The number of benzene rings is 3. The largest absolute Gasteiger partial charge is 0.298 e. The summed E-state index contributed by atoms with van der Waals surface area (Å²) in [6.45, 7) is 2.09. The molecule has 0 aliphatic heterocycles. The molecule has 19 heavy (non-hydrogen) atoms. The van der Waals surface area contributed by atoms with Gasteiger partial charge in [-0.3, -0.25) is 4.79 Å². The Labute approximate surface area is 112 Å². The highest BCUT2D eigenvalue weighted by atomic mass is 16.1. The van der Waals surface area contributed by atoms with Gasteiger partial charge in [-0.2, -0.15) is 0 Å². The van der Waals surface area contributed by atoms with E-state index >= 15 is 0 Å². The molecule has 92 valence electrons. The summed E-state index contributed by atoms with van der Waals surface area (Å²) in [5.74, 6) is 0. The predicted octanol–water partition coefficient (Wildman–Crippen LogP) is 4.63. The minimum atomic E-state index is 0.731. The second kappa shape index (κ2) is 4.69. The Morgan fingerprint density at radius 2 is 1.58 bits per heavy atom. The second-order valence-electron chi connectivity index (χ2n) is 4.77. The van der Waals surface area contributed by atoms with Crippen LogP contribution in [0.5, 0.6) is 0 Å². The van der Waals surface area contributed by atoms with E-state index in [1.165, 1.54) is 16.3 Å². The van der Waals surface area contributed by atoms with Crippen LogP contribution >= 0.6 is 0 Å². The number of fused-ring (bicyclic) bond motifs is 1. The summed E-state index contributed by atoms with van der Waals surface area (Å²) in [5.41, 5.74) is 4.06. The van der Waals surface area contributed by atoms with Gasteiger partial charge in [0.05, 0.1) is 0 Å². The smallest absolute Gasteiger partial charge is 0.150 e. The van der Waals surface area contributed by atoms with Gasteiger partial charge in [-0.1, -0.05) is 60.2 Å². The van der Waals surface area contributed by atoms with Crippen LogP contribution in [0.3, 0.4) is 0 Å². The molecule has 0 fully saturated rings. The topological polar surface area (TPSA) is 17.1 Å². The number of hydrogen-bond acceptors (Lipinski definition) is 1. The lowest BCUT2D eigenvalue weighted by Gasteiger charge is -2.07. The zero-order chi connectivity index (χ0) is 13.2. The lowest BCUT2D eigenvalue weighted by molar-refractivity contribution is 0.112. The molecule has 3 aromatic carbocycles. The van der Waals surface area contributed by atoms with E-state index in [2.05, 4.69) is 43.3 Å².